The van der Waals surface area contributed by atoms with Gasteiger partial charge in [-0.05, 0) is 147 Å². The second-order valence-corrected chi connectivity index (χ2v) is 24.0. The standard InChI is InChI=1S/C77H51B6NO3/c1-7-46(33-31-40(2)47-24-18-30-61-64(47)52-37-43-19-8-9-20-44(43)39-62(52)86-61)84(73-71(82)70(81)66(74(85)72(73)83)65-67(78)41(3)42(4)68(79)69(65)80)59-36-35-58-75(63(59)45-32-34-54-51(38-45)50-23-10-13-25-53(50)76(54,5)6)87-60-29-17-16-28-57(60)77(58)55-26-14-11-21-48(55)49-22-12-15-27-56(49)77/h1,8-31,33,35-39,85H,32,34H2,2-6H3/b40-31+,46-33+. The highest BCUT2D eigenvalue weighted by molar-refractivity contribution is 6.60. The molecule has 10 aromatic carbocycles. The maximum atomic E-state index is 12.9. The molecule has 1 N–H and O–H groups in total. The number of anilines is 2. The average molecular weight is 1100 g/mol. The normalized spacial score (nSPS) is 15.1. The van der Waals surface area contributed by atoms with Gasteiger partial charge in [0.05, 0.1) is 16.8 Å². The molecule has 400 valence electrons. The van der Waals surface area contributed by atoms with Crippen LogP contribution in [0, 0.1) is 26.2 Å². The quantitative estimate of drug-likeness (QED) is 0.0981. The number of furan rings is 1. The molecule has 0 atom stereocenters. The van der Waals surface area contributed by atoms with Crippen LogP contribution in [0.5, 0.6) is 17.2 Å². The molecule has 2 heterocycles. The van der Waals surface area contributed by atoms with Crippen molar-refractivity contribution in [1.29, 1.82) is 0 Å². The minimum absolute atomic E-state index is 0.0127. The van der Waals surface area contributed by atoms with Gasteiger partial charge in [0.15, 0.2) is 0 Å². The Morgan fingerprint density at radius 3 is 1.92 bits per heavy atom. The number of rotatable bonds is 7. The summed E-state index contributed by atoms with van der Waals surface area (Å²) < 4.78 is 14.1. The lowest BCUT2D eigenvalue weighted by molar-refractivity contribution is 0.435. The molecule has 1 aliphatic heterocycles. The third-order valence-electron chi connectivity index (χ3n) is 19.4. The summed E-state index contributed by atoms with van der Waals surface area (Å²) in [7, 11) is 42.8. The van der Waals surface area contributed by atoms with Crippen molar-refractivity contribution in [2.45, 2.75) is 58.3 Å². The Bertz CT molecular complexity index is 4980. The zero-order chi connectivity index (χ0) is 60.1. The first-order valence-electron chi connectivity index (χ1n) is 29.4. The first kappa shape index (κ1) is 54.2. The molecule has 4 nitrogen and oxygen atoms in total. The fraction of sp³-hybridized carbons (Fsp3) is 0.117. The topological polar surface area (TPSA) is 45.8 Å². The lowest BCUT2D eigenvalue weighted by Gasteiger charge is -2.42. The monoisotopic (exact) mass is 1100 g/mol. The maximum absolute atomic E-state index is 12.9. The predicted octanol–water partition coefficient (Wildman–Crippen LogP) is 12.6. The van der Waals surface area contributed by atoms with Gasteiger partial charge in [0, 0.05) is 44.1 Å². The SMILES string of the molecule is [B]c1c([B])c(-c2c([B])c([B])c(N(/C(C#C)=C/C=C(\C)c3cccc4oc5cc6ccccc6cc5c34)c3ccc4c(c3C3=CC5=C(CC3)C(C)(C)c3ccccc35)Oc3ccccc3C43c4ccccc4-c4ccccc43)c([B])c2O)c([B])c(C)c1C. The lowest BCUT2D eigenvalue weighted by Crippen LogP contribution is -2.43. The van der Waals surface area contributed by atoms with Gasteiger partial charge in [-0.15, -0.1) is 6.42 Å². The van der Waals surface area contributed by atoms with E-state index in [0.29, 0.717) is 45.9 Å². The Morgan fingerprint density at radius 1 is 0.586 bits per heavy atom. The van der Waals surface area contributed by atoms with Crippen LogP contribution in [0.2, 0.25) is 0 Å². The van der Waals surface area contributed by atoms with Crippen molar-refractivity contribution < 1.29 is 14.3 Å². The van der Waals surface area contributed by atoms with Crippen LogP contribution in [0.15, 0.2) is 198 Å². The van der Waals surface area contributed by atoms with Crippen LogP contribution >= 0.6 is 0 Å². The van der Waals surface area contributed by atoms with Crippen LogP contribution in [0.25, 0.3) is 71.7 Å². The van der Waals surface area contributed by atoms with Crippen LogP contribution in [0.3, 0.4) is 0 Å². The Morgan fingerprint density at radius 2 is 1.21 bits per heavy atom. The van der Waals surface area contributed by atoms with Gasteiger partial charge in [-0.1, -0.05) is 209 Å². The summed E-state index contributed by atoms with van der Waals surface area (Å²) in [6, 6.07) is 57.3. The van der Waals surface area contributed by atoms with E-state index < -0.39 is 11.2 Å². The van der Waals surface area contributed by atoms with Gasteiger partial charge in [0.1, 0.15) is 75.5 Å². The minimum Gasteiger partial charge on any atom is -0.508 e. The first-order valence-corrected chi connectivity index (χ1v) is 29.4. The van der Waals surface area contributed by atoms with Gasteiger partial charge in [-0.2, -0.15) is 0 Å². The number of fused-ring (bicyclic) bond motifs is 15. The van der Waals surface area contributed by atoms with Crippen LogP contribution in [0.1, 0.15) is 89.2 Å². The third kappa shape index (κ3) is 7.61. The highest BCUT2D eigenvalue weighted by Gasteiger charge is 2.52. The minimum atomic E-state index is -0.831. The van der Waals surface area contributed by atoms with E-state index in [1.807, 2.05) is 61.2 Å². The number of para-hydroxylation sites is 1. The molecule has 0 bridgehead atoms. The van der Waals surface area contributed by atoms with Crippen LogP contribution in [-0.2, 0) is 10.8 Å². The molecule has 0 saturated heterocycles. The van der Waals surface area contributed by atoms with Gasteiger partial charge >= 0.3 is 0 Å². The van der Waals surface area contributed by atoms with Gasteiger partial charge in [-0.3, -0.25) is 0 Å². The van der Waals surface area contributed by atoms with Crippen molar-refractivity contribution in [2.75, 3.05) is 4.90 Å². The highest BCUT2D eigenvalue weighted by atomic mass is 16.5. The van der Waals surface area contributed by atoms with Gasteiger partial charge < -0.3 is 19.2 Å². The maximum Gasteiger partial charge on any atom is 0.141 e. The highest BCUT2D eigenvalue weighted by Crippen LogP contribution is 2.65. The zero-order valence-corrected chi connectivity index (χ0v) is 49.0. The second-order valence-electron chi connectivity index (χ2n) is 24.0. The summed E-state index contributed by atoms with van der Waals surface area (Å²) >= 11 is 0. The Kier molecular flexibility index (Phi) is 12.4. The molecule has 1 aromatic heterocycles. The van der Waals surface area contributed by atoms with E-state index in [2.05, 4.69) is 166 Å². The molecule has 11 aromatic rings. The van der Waals surface area contributed by atoms with Crippen molar-refractivity contribution in [3.8, 4) is 51.8 Å². The van der Waals surface area contributed by atoms with Crippen LogP contribution in [0.4, 0.5) is 11.4 Å². The predicted molar refractivity (Wildman–Crippen MR) is 367 cm³/mol. The summed E-state index contributed by atoms with van der Waals surface area (Å²) in [6.45, 7) is 10.4. The van der Waals surface area contributed by atoms with E-state index in [0.717, 1.165) is 94.8 Å². The molecule has 0 fully saturated rings. The summed E-state index contributed by atoms with van der Waals surface area (Å²) in [5.74, 6) is 4.03. The lowest BCUT2D eigenvalue weighted by atomic mass is 9.63. The molecule has 0 saturated carbocycles. The molecule has 1 spiro atoms. The molecule has 0 unspecified atom stereocenters. The summed E-state index contributed by atoms with van der Waals surface area (Å²) in [5, 5.41) is 17.1. The van der Waals surface area contributed by atoms with E-state index in [1.165, 1.54) is 22.3 Å². The van der Waals surface area contributed by atoms with Crippen LogP contribution in [-0.4, -0.2) is 52.2 Å². The number of aromatic hydroxyl groups is 1. The summed E-state index contributed by atoms with van der Waals surface area (Å²) in [4.78, 5) is 1.86. The number of allylic oxidation sites excluding steroid dienone is 8. The molecule has 15 rings (SSSR count). The Hall–Kier alpha value is -9.43. The number of hydrogen-bond acceptors (Lipinski definition) is 4. The first-order chi connectivity index (χ1) is 42.1. The molecule has 12 radical (unpaired) electrons. The summed E-state index contributed by atoms with van der Waals surface area (Å²) in [6.07, 6.45) is 14.6. The van der Waals surface area contributed by atoms with Gasteiger partial charge in [-0.25, -0.2) is 0 Å². The Labute approximate surface area is 515 Å². The van der Waals surface area contributed by atoms with E-state index in [-0.39, 0.29) is 49.5 Å². The molecule has 3 aliphatic carbocycles. The number of benzene rings is 10. The Balaban J connectivity index is 1.05. The van der Waals surface area contributed by atoms with Gasteiger partial charge in [0.2, 0.25) is 0 Å². The van der Waals surface area contributed by atoms with Crippen molar-refractivity contribution >= 4 is 141 Å². The molecular weight excluding hydrogens is 1050 g/mol. The number of phenolic OH excluding ortho intramolecular Hbond substituents is 1. The largest absolute Gasteiger partial charge is 0.508 e. The molecular formula is C77H51B6NO3. The van der Waals surface area contributed by atoms with E-state index >= 15 is 0 Å². The van der Waals surface area contributed by atoms with E-state index in [4.69, 9.17) is 62.7 Å². The number of ether oxygens (including phenoxy) is 1. The van der Waals surface area contributed by atoms with Crippen molar-refractivity contribution in [3.05, 3.63) is 249 Å². The average Bonchev–Trinajstić information content (AvgIpc) is 1.62. The molecule has 0 amide bonds. The van der Waals surface area contributed by atoms with Crippen molar-refractivity contribution in [3.63, 3.8) is 0 Å². The van der Waals surface area contributed by atoms with Gasteiger partial charge in [0.25, 0.3) is 0 Å². The van der Waals surface area contributed by atoms with E-state index in [1.54, 1.807) is 0 Å². The molecule has 4 aliphatic rings. The molecule has 10 heteroatoms. The zero-order valence-electron chi connectivity index (χ0n) is 49.0. The smallest absolute Gasteiger partial charge is 0.141 e. The van der Waals surface area contributed by atoms with Crippen molar-refractivity contribution in [1.82, 2.24) is 0 Å². The second kappa shape index (κ2) is 19.8. The fourth-order valence-electron chi connectivity index (χ4n) is 15.0. The van der Waals surface area contributed by atoms with Crippen LogP contribution < -0.4 is 42.4 Å². The number of nitrogens with zero attached hydrogens (tertiary/aromatic N) is 1. The fourth-order valence-corrected chi connectivity index (χ4v) is 15.0. The number of phenols is 1. The molecule has 87 heavy (non-hydrogen) atoms. The number of terminal acetylenes is 1. The summed E-state index contributed by atoms with van der Waals surface area (Å²) in [5.41, 5.74) is 18.9. The number of hydrogen-bond donors (Lipinski definition) is 1. The van der Waals surface area contributed by atoms with Crippen molar-refractivity contribution in [2.24, 2.45) is 0 Å². The van der Waals surface area contributed by atoms with E-state index in [9.17, 15) is 5.11 Å². The third-order valence-corrected chi connectivity index (χ3v) is 19.4.